The lowest BCUT2D eigenvalue weighted by Crippen LogP contribution is -2.25. The van der Waals surface area contributed by atoms with Crippen molar-refractivity contribution >= 4 is 23.6 Å². The van der Waals surface area contributed by atoms with E-state index < -0.39 is 17.9 Å². The molecular formula is C19H17NO4. The van der Waals surface area contributed by atoms with Crippen LogP contribution in [0.5, 0.6) is 0 Å². The molecule has 0 bridgehead atoms. The van der Waals surface area contributed by atoms with Crippen LogP contribution in [0.15, 0.2) is 60.8 Å². The van der Waals surface area contributed by atoms with Gasteiger partial charge in [0.1, 0.15) is 0 Å². The molecule has 2 aromatic rings. The summed E-state index contributed by atoms with van der Waals surface area (Å²) in [7, 11) is 0. The predicted molar refractivity (Wildman–Crippen MR) is 91.2 cm³/mol. The molecule has 0 fully saturated rings. The Hall–Kier alpha value is -3.21. The highest BCUT2D eigenvalue weighted by Crippen LogP contribution is 2.29. The highest BCUT2D eigenvalue weighted by Gasteiger charge is 2.31. The minimum absolute atomic E-state index is 0.0192. The van der Waals surface area contributed by atoms with Gasteiger partial charge < -0.3 is 10.2 Å². The van der Waals surface area contributed by atoms with Crippen LogP contribution >= 0.6 is 0 Å². The first-order chi connectivity index (χ1) is 11.4. The number of allylic oxidation sites excluding steroid dienone is 1. The first kappa shape index (κ1) is 17.1. The lowest BCUT2D eigenvalue weighted by atomic mass is 9.90. The Morgan fingerprint density at radius 3 is 2.21 bits per heavy atom. The molecule has 2 rings (SSSR count). The number of aryl methyl sites for hydroxylation is 1. The number of hydrogen-bond acceptors (Lipinski definition) is 3. The molecule has 2 N–H and O–H groups in total. The maximum atomic E-state index is 11.3. The molecule has 0 spiro atoms. The molecule has 1 aromatic heterocycles. The third-order valence-corrected chi connectivity index (χ3v) is 3.52. The average Bonchev–Trinajstić information content (AvgIpc) is 2.54. The first-order valence-corrected chi connectivity index (χ1v) is 7.24. The topological polar surface area (TPSA) is 87.5 Å². The van der Waals surface area contributed by atoms with Crippen LogP contribution in [0.4, 0.5) is 0 Å². The summed E-state index contributed by atoms with van der Waals surface area (Å²) >= 11 is 0. The number of carbonyl (C=O) groups is 2. The van der Waals surface area contributed by atoms with Crippen LogP contribution in [-0.2, 0) is 9.59 Å². The lowest BCUT2D eigenvalue weighted by molar-refractivity contribution is -0.152. The van der Waals surface area contributed by atoms with Crippen LogP contribution in [0.3, 0.4) is 0 Å². The van der Waals surface area contributed by atoms with Crippen molar-refractivity contribution < 1.29 is 19.8 Å². The minimum Gasteiger partial charge on any atom is -0.480 e. The molecular weight excluding hydrogens is 306 g/mol. The van der Waals surface area contributed by atoms with E-state index in [9.17, 15) is 19.8 Å². The van der Waals surface area contributed by atoms with Crippen molar-refractivity contribution in [1.82, 2.24) is 4.98 Å². The summed E-state index contributed by atoms with van der Waals surface area (Å²) in [6.07, 6.45) is 3.26. The molecule has 1 aromatic carbocycles. The monoisotopic (exact) mass is 323 g/mol. The van der Waals surface area contributed by atoms with Crippen molar-refractivity contribution in [1.29, 1.82) is 0 Å². The van der Waals surface area contributed by atoms with E-state index in [1.54, 1.807) is 30.5 Å². The summed E-state index contributed by atoms with van der Waals surface area (Å²) in [6.45, 7) is 5.67. The number of benzene rings is 1. The van der Waals surface area contributed by atoms with Crippen LogP contribution in [0.2, 0.25) is 0 Å². The summed E-state index contributed by atoms with van der Waals surface area (Å²) < 4.78 is 0. The lowest BCUT2D eigenvalue weighted by Gasteiger charge is -2.15. The molecule has 0 aliphatic carbocycles. The zero-order valence-corrected chi connectivity index (χ0v) is 13.1. The van der Waals surface area contributed by atoms with E-state index in [-0.39, 0.29) is 5.57 Å². The van der Waals surface area contributed by atoms with Crippen molar-refractivity contribution in [2.45, 2.75) is 6.92 Å². The van der Waals surface area contributed by atoms with Crippen LogP contribution in [0, 0.1) is 12.8 Å². The molecule has 0 atom stereocenters. The summed E-state index contributed by atoms with van der Waals surface area (Å²) in [4.78, 5) is 26.9. The highest BCUT2D eigenvalue weighted by atomic mass is 16.4. The van der Waals surface area contributed by atoms with Crippen LogP contribution in [0.1, 0.15) is 16.8 Å². The summed E-state index contributed by atoms with van der Waals surface area (Å²) in [5.41, 5.74) is 2.72. The van der Waals surface area contributed by atoms with E-state index in [2.05, 4.69) is 11.6 Å². The van der Waals surface area contributed by atoms with Gasteiger partial charge in [-0.3, -0.25) is 14.6 Å². The quantitative estimate of drug-likeness (QED) is 0.629. The zero-order valence-electron chi connectivity index (χ0n) is 13.1. The molecule has 24 heavy (non-hydrogen) atoms. The standard InChI is InChI=1S/C19H17NO4/c1-12-6-8-14(9-7-12)11-15(16-5-3-4-10-20-16)13(2)17(18(21)22)19(23)24/h3-11,17H,2H2,1H3,(H,21,22)(H,23,24). The Labute approximate surface area is 139 Å². The Morgan fingerprint density at radius 2 is 1.71 bits per heavy atom. The van der Waals surface area contributed by atoms with Gasteiger partial charge in [0.05, 0.1) is 5.69 Å². The molecule has 0 radical (unpaired) electrons. The molecule has 122 valence electrons. The Balaban J connectivity index is 2.55. The average molecular weight is 323 g/mol. The van der Waals surface area contributed by atoms with Crippen molar-refractivity contribution in [2.24, 2.45) is 5.92 Å². The predicted octanol–water partition coefficient (Wildman–Crippen LogP) is 3.27. The van der Waals surface area contributed by atoms with Gasteiger partial charge in [0.15, 0.2) is 5.92 Å². The number of aliphatic carboxylic acids is 2. The fourth-order valence-electron chi connectivity index (χ4n) is 2.24. The van der Waals surface area contributed by atoms with Crippen molar-refractivity contribution in [3.63, 3.8) is 0 Å². The summed E-state index contributed by atoms with van der Waals surface area (Å²) in [5, 5.41) is 18.4. The largest absolute Gasteiger partial charge is 0.480 e. The number of rotatable bonds is 6. The molecule has 0 amide bonds. The second-order valence-electron chi connectivity index (χ2n) is 5.32. The van der Waals surface area contributed by atoms with Gasteiger partial charge in [-0.1, -0.05) is 42.5 Å². The smallest absolute Gasteiger partial charge is 0.322 e. The van der Waals surface area contributed by atoms with E-state index in [1.807, 2.05) is 31.2 Å². The summed E-state index contributed by atoms with van der Waals surface area (Å²) in [6, 6.07) is 12.7. The first-order valence-electron chi connectivity index (χ1n) is 7.24. The van der Waals surface area contributed by atoms with Gasteiger partial charge in [0, 0.05) is 11.8 Å². The fourth-order valence-corrected chi connectivity index (χ4v) is 2.24. The van der Waals surface area contributed by atoms with Gasteiger partial charge in [0.2, 0.25) is 0 Å². The third-order valence-electron chi connectivity index (χ3n) is 3.52. The molecule has 5 heteroatoms. The molecule has 0 unspecified atom stereocenters. The van der Waals surface area contributed by atoms with E-state index >= 15 is 0 Å². The van der Waals surface area contributed by atoms with E-state index in [0.717, 1.165) is 11.1 Å². The number of nitrogens with zero attached hydrogens (tertiary/aromatic N) is 1. The molecule has 0 aliphatic heterocycles. The fraction of sp³-hybridized carbons (Fsp3) is 0.105. The van der Waals surface area contributed by atoms with Crippen LogP contribution in [-0.4, -0.2) is 27.1 Å². The van der Waals surface area contributed by atoms with Crippen LogP contribution in [0.25, 0.3) is 11.6 Å². The van der Waals surface area contributed by atoms with Gasteiger partial charge in [-0.15, -0.1) is 0 Å². The maximum Gasteiger partial charge on any atom is 0.322 e. The van der Waals surface area contributed by atoms with Crippen molar-refractivity contribution in [3.05, 3.63) is 77.6 Å². The Bertz CT molecular complexity index is 778. The van der Waals surface area contributed by atoms with E-state index in [0.29, 0.717) is 11.3 Å². The minimum atomic E-state index is -1.73. The zero-order chi connectivity index (χ0) is 17.7. The second kappa shape index (κ2) is 7.37. The van der Waals surface area contributed by atoms with Gasteiger partial charge in [-0.25, -0.2) is 0 Å². The normalized spacial score (nSPS) is 11.3. The molecule has 5 nitrogen and oxygen atoms in total. The Morgan fingerprint density at radius 1 is 1.08 bits per heavy atom. The number of hydrogen-bond donors (Lipinski definition) is 2. The number of pyridine rings is 1. The van der Waals surface area contributed by atoms with Gasteiger partial charge in [-0.05, 0) is 36.3 Å². The second-order valence-corrected chi connectivity index (χ2v) is 5.32. The van der Waals surface area contributed by atoms with Crippen molar-refractivity contribution in [3.8, 4) is 0 Å². The van der Waals surface area contributed by atoms with Crippen LogP contribution < -0.4 is 0 Å². The van der Waals surface area contributed by atoms with Gasteiger partial charge in [0.25, 0.3) is 0 Å². The molecule has 1 heterocycles. The molecule has 0 saturated heterocycles. The summed E-state index contributed by atoms with van der Waals surface area (Å²) in [5.74, 6) is -4.65. The number of carboxylic acids is 2. The maximum absolute atomic E-state index is 11.3. The van der Waals surface area contributed by atoms with E-state index in [4.69, 9.17) is 0 Å². The van der Waals surface area contributed by atoms with Gasteiger partial charge in [-0.2, -0.15) is 0 Å². The third kappa shape index (κ3) is 3.95. The Kier molecular flexibility index (Phi) is 5.27. The van der Waals surface area contributed by atoms with Crippen molar-refractivity contribution in [2.75, 3.05) is 0 Å². The number of aromatic nitrogens is 1. The molecule has 0 aliphatic rings. The van der Waals surface area contributed by atoms with E-state index in [1.165, 1.54) is 0 Å². The highest BCUT2D eigenvalue weighted by molar-refractivity contribution is 6.04. The molecule has 0 saturated carbocycles. The SMILES string of the molecule is C=C(C(=Cc1ccc(C)cc1)c1ccccn1)C(C(=O)O)C(=O)O. The van der Waals surface area contributed by atoms with Gasteiger partial charge >= 0.3 is 11.9 Å². The number of carboxylic acid groups (broad SMARTS) is 2.